The zero-order valence-corrected chi connectivity index (χ0v) is 16.3. The zero-order valence-electron chi connectivity index (χ0n) is 15.6. The number of nitrogens with zero attached hydrogens (tertiary/aromatic N) is 3. The summed E-state index contributed by atoms with van der Waals surface area (Å²) in [7, 11) is 0. The SMILES string of the molecule is CCOC(=O)/C=C1\NN=C2CN=C(c3ccccc3)c3cc(Cl)ccc3N2C1=O. The molecule has 2 aromatic rings. The van der Waals surface area contributed by atoms with E-state index in [0.29, 0.717) is 27.8 Å². The van der Waals surface area contributed by atoms with E-state index in [0.717, 1.165) is 11.6 Å². The van der Waals surface area contributed by atoms with E-state index in [1.165, 1.54) is 4.90 Å². The molecule has 2 aliphatic heterocycles. The van der Waals surface area contributed by atoms with E-state index in [4.69, 9.17) is 21.3 Å². The Morgan fingerprint density at radius 1 is 1.28 bits per heavy atom. The maximum absolute atomic E-state index is 13.2. The predicted molar refractivity (Wildman–Crippen MR) is 111 cm³/mol. The third-order valence-corrected chi connectivity index (χ3v) is 4.66. The number of carbonyl (C=O) groups is 2. The molecule has 7 nitrogen and oxygen atoms in total. The second-order valence-electron chi connectivity index (χ2n) is 6.28. The van der Waals surface area contributed by atoms with Gasteiger partial charge >= 0.3 is 5.97 Å². The van der Waals surface area contributed by atoms with Gasteiger partial charge in [0.1, 0.15) is 12.2 Å². The molecule has 2 aliphatic rings. The van der Waals surface area contributed by atoms with Gasteiger partial charge in [0.05, 0.1) is 24.1 Å². The second-order valence-corrected chi connectivity index (χ2v) is 6.72. The first-order chi connectivity index (χ1) is 14.1. The molecular formula is C21H17ClN4O3. The molecule has 0 unspecified atom stereocenters. The van der Waals surface area contributed by atoms with Crippen molar-refractivity contribution in [2.45, 2.75) is 6.92 Å². The van der Waals surface area contributed by atoms with Gasteiger partial charge in [-0.15, -0.1) is 0 Å². The van der Waals surface area contributed by atoms with Crippen LogP contribution in [0.2, 0.25) is 5.02 Å². The number of hydrazone groups is 1. The van der Waals surface area contributed by atoms with Crippen LogP contribution in [0.5, 0.6) is 0 Å². The molecule has 0 fully saturated rings. The number of hydrogen-bond donors (Lipinski definition) is 1. The fourth-order valence-corrected chi connectivity index (χ4v) is 3.35. The highest BCUT2D eigenvalue weighted by atomic mass is 35.5. The number of carbonyl (C=O) groups excluding carboxylic acids is 2. The summed E-state index contributed by atoms with van der Waals surface area (Å²) in [4.78, 5) is 31.1. The number of hydrogen-bond acceptors (Lipinski definition) is 6. The fourth-order valence-electron chi connectivity index (χ4n) is 3.18. The molecule has 0 aliphatic carbocycles. The number of esters is 1. The lowest BCUT2D eigenvalue weighted by Crippen LogP contribution is -2.46. The number of amides is 1. The van der Waals surface area contributed by atoms with Crippen molar-refractivity contribution >= 4 is 40.7 Å². The van der Waals surface area contributed by atoms with Gasteiger partial charge in [0.2, 0.25) is 0 Å². The van der Waals surface area contributed by atoms with Gasteiger partial charge in [0.25, 0.3) is 5.91 Å². The number of benzene rings is 2. The summed E-state index contributed by atoms with van der Waals surface area (Å²) in [6, 6.07) is 14.9. The molecule has 0 radical (unpaired) electrons. The number of halogens is 1. The summed E-state index contributed by atoms with van der Waals surface area (Å²) in [5.41, 5.74) is 5.58. The standard InChI is InChI=1S/C21H17ClN4O3/c1-2-29-19(27)11-16-21(28)26-17-9-8-14(22)10-15(17)20(13-6-4-3-5-7-13)23-12-18(26)25-24-16/h3-11,24H,2,12H2,1H3/b16-11-. The molecule has 0 aromatic heterocycles. The molecule has 2 aromatic carbocycles. The van der Waals surface area contributed by atoms with Crippen LogP contribution in [0.4, 0.5) is 5.69 Å². The Bertz CT molecular complexity index is 1080. The van der Waals surface area contributed by atoms with E-state index < -0.39 is 11.9 Å². The van der Waals surface area contributed by atoms with Crippen molar-refractivity contribution in [3.63, 3.8) is 0 Å². The van der Waals surface area contributed by atoms with Crippen LogP contribution < -0.4 is 10.3 Å². The molecule has 0 spiro atoms. The third kappa shape index (κ3) is 3.64. The Balaban J connectivity index is 1.83. The topological polar surface area (TPSA) is 83.4 Å². The maximum atomic E-state index is 13.2. The van der Waals surface area contributed by atoms with Crippen LogP contribution in [0.15, 0.2) is 70.4 Å². The van der Waals surface area contributed by atoms with Gasteiger partial charge in [0.15, 0.2) is 5.84 Å². The van der Waals surface area contributed by atoms with Gasteiger partial charge in [-0.1, -0.05) is 41.9 Å². The van der Waals surface area contributed by atoms with Gasteiger partial charge in [-0.3, -0.25) is 20.1 Å². The minimum absolute atomic E-state index is 0.0243. The molecule has 1 amide bonds. The number of anilines is 1. The quantitative estimate of drug-likeness (QED) is 0.625. The van der Waals surface area contributed by atoms with Crippen LogP contribution in [-0.4, -0.2) is 36.6 Å². The number of nitrogens with one attached hydrogen (secondary N) is 1. The minimum atomic E-state index is -0.616. The van der Waals surface area contributed by atoms with Gasteiger partial charge in [-0.25, -0.2) is 4.79 Å². The van der Waals surface area contributed by atoms with Crippen molar-refractivity contribution in [2.75, 3.05) is 18.1 Å². The molecule has 0 bridgehead atoms. The predicted octanol–water partition coefficient (Wildman–Crippen LogP) is 2.89. The van der Waals surface area contributed by atoms with Crippen LogP contribution >= 0.6 is 11.6 Å². The third-order valence-electron chi connectivity index (χ3n) is 4.43. The average Bonchev–Trinajstić information content (AvgIpc) is 2.88. The molecule has 2 heterocycles. The first-order valence-electron chi connectivity index (χ1n) is 9.03. The van der Waals surface area contributed by atoms with E-state index in [1.807, 2.05) is 30.3 Å². The highest BCUT2D eigenvalue weighted by molar-refractivity contribution is 6.33. The van der Waals surface area contributed by atoms with Crippen molar-refractivity contribution in [1.82, 2.24) is 5.43 Å². The lowest BCUT2D eigenvalue weighted by molar-refractivity contribution is -0.137. The van der Waals surface area contributed by atoms with Gasteiger partial charge in [0, 0.05) is 16.1 Å². The van der Waals surface area contributed by atoms with Crippen molar-refractivity contribution < 1.29 is 14.3 Å². The Hall–Kier alpha value is -3.45. The normalized spacial score (nSPS) is 16.8. The highest BCUT2D eigenvalue weighted by Gasteiger charge is 2.34. The Morgan fingerprint density at radius 2 is 2.07 bits per heavy atom. The van der Waals surface area contributed by atoms with Gasteiger partial charge in [-0.05, 0) is 25.1 Å². The van der Waals surface area contributed by atoms with E-state index >= 15 is 0 Å². The number of aliphatic imine (C=N–C) groups is 1. The highest BCUT2D eigenvalue weighted by Crippen LogP contribution is 2.31. The molecule has 1 N–H and O–H groups in total. The van der Waals surface area contributed by atoms with Crippen LogP contribution in [0, 0.1) is 0 Å². The number of ether oxygens (including phenoxy) is 1. The summed E-state index contributed by atoms with van der Waals surface area (Å²) >= 11 is 6.25. The second kappa shape index (κ2) is 7.89. The monoisotopic (exact) mass is 408 g/mol. The molecule has 29 heavy (non-hydrogen) atoms. The molecule has 0 saturated carbocycles. The summed E-state index contributed by atoms with van der Waals surface area (Å²) < 4.78 is 4.90. The molecule has 146 valence electrons. The van der Waals surface area contributed by atoms with Crippen molar-refractivity contribution in [2.24, 2.45) is 10.1 Å². The number of amidine groups is 1. The van der Waals surface area contributed by atoms with Crippen LogP contribution in [-0.2, 0) is 14.3 Å². The number of fused-ring (bicyclic) bond motifs is 3. The van der Waals surface area contributed by atoms with Crippen molar-refractivity contribution in [3.8, 4) is 0 Å². The minimum Gasteiger partial charge on any atom is -0.463 e. The van der Waals surface area contributed by atoms with E-state index in [-0.39, 0.29) is 18.8 Å². The Kier molecular flexibility index (Phi) is 5.14. The van der Waals surface area contributed by atoms with Crippen LogP contribution in [0.25, 0.3) is 0 Å². The largest absolute Gasteiger partial charge is 0.463 e. The summed E-state index contributed by atoms with van der Waals surface area (Å²) in [5, 5.41) is 4.79. The lowest BCUT2D eigenvalue weighted by atomic mass is 10.00. The lowest BCUT2D eigenvalue weighted by Gasteiger charge is -2.28. The molecule has 8 heteroatoms. The van der Waals surface area contributed by atoms with Crippen molar-refractivity contribution in [1.29, 1.82) is 0 Å². The van der Waals surface area contributed by atoms with Gasteiger partial charge < -0.3 is 4.74 Å². The first kappa shape index (κ1) is 18.9. The summed E-state index contributed by atoms with van der Waals surface area (Å²) in [6.45, 7) is 2.09. The van der Waals surface area contributed by atoms with E-state index in [2.05, 4.69) is 10.5 Å². The van der Waals surface area contributed by atoms with Crippen molar-refractivity contribution in [3.05, 3.63) is 76.5 Å². The van der Waals surface area contributed by atoms with Crippen LogP contribution in [0.1, 0.15) is 18.1 Å². The fraction of sp³-hybridized carbons (Fsp3) is 0.143. The Labute approximate surface area is 172 Å². The molecule has 0 saturated heterocycles. The molecular weight excluding hydrogens is 392 g/mol. The smallest absolute Gasteiger partial charge is 0.333 e. The first-order valence-corrected chi connectivity index (χ1v) is 9.41. The summed E-state index contributed by atoms with van der Waals surface area (Å²) in [6.07, 6.45) is 1.10. The van der Waals surface area contributed by atoms with Gasteiger partial charge in [-0.2, -0.15) is 5.10 Å². The zero-order chi connectivity index (χ0) is 20.4. The Morgan fingerprint density at radius 3 is 2.83 bits per heavy atom. The van der Waals surface area contributed by atoms with E-state index in [9.17, 15) is 9.59 Å². The molecule has 0 atom stereocenters. The maximum Gasteiger partial charge on any atom is 0.333 e. The van der Waals surface area contributed by atoms with Crippen LogP contribution in [0.3, 0.4) is 0 Å². The summed E-state index contributed by atoms with van der Waals surface area (Å²) in [5.74, 6) is -0.615. The van der Waals surface area contributed by atoms with E-state index in [1.54, 1.807) is 25.1 Å². The number of rotatable bonds is 3. The molecule has 4 rings (SSSR count). The average molecular weight is 409 g/mol.